The monoisotopic (exact) mass is 342 g/mol. The molecule has 20 heavy (non-hydrogen) atoms. The molecule has 7 heteroatoms. The van der Waals surface area contributed by atoms with Gasteiger partial charge in [0.15, 0.2) is 23.1 Å². The van der Waals surface area contributed by atoms with E-state index in [1.807, 2.05) is 0 Å². The third-order valence-electron chi connectivity index (χ3n) is 2.39. The van der Waals surface area contributed by atoms with Gasteiger partial charge in [-0.3, -0.25) is 0 Å². The van der Waals surface area contributed by atoms with Gasteiger partial charge in [-0.2, -0.15) is 5.26 Å². The Morgan fingerprint density at radius 2 is 1.65 bits per heavy atom. The maximum atomic E-state index is 13.6. The molecule has 2 N–H and O–H groups in total. The van der Waals surface area contributed by atoms with Gasteiger partial charge in [0.05, 0.1) is 21.8 Å². The lowest BCUT2D eigenvalue weighted by atomic mass is 10.2. The van der Waals surface area contributed by atoms with Crippen molar-refractivity contribution < 1.29 is 17.9 Å². The number of nitriles is 1. The number of benzene rings is 2. The Bertz CT molecular complexity index is 705. The summed E-state index contributed by atoms with van der Waals surface area (Å²) in [7, 11) is 0. The molecule has 3 nitrogen and oxygen atoms in total. The summed E-state index contributed by atoms with van der Waals surface area (Å²) < 4.78 is 45.7. The molecule has 0 amide bonds. The third-order valence-corrected chi connectivity index (χ3v) is 3.00. The van der Waals surface area contributed by atoms with Gasteiger partial charge in [0.2, 0.25) is 0 Å². The minimum Gasteiger partial charge on any atom is -0.449 e. The van der Waals surface area contributed by atoms with Crippen LogP contribution in [0.2, 0.25) is 0 Å². The molecule has 0 heterocycles. The Kier molecular flexibility index (Phi) is 3.86. The van der Waals surface area contributed by atoms with E-state index in [0.717, 1.165) is 18.2 Å². The Morgan fingerprint density at radius 3 is 2.20 bits per heavy atom. The molecule has 102 valence electrons. The fourth-order valence-corrected chi connectivity index (χ4v) is 1.83. The van der Waals surface area contributed by atoms with E-state index in [2.05, 4.69) is 15.9 Å². The first-order chi connectivity index (χ1) is 9.42. The Labute approximate surface area is 120 Å². The summed E-state index contributed by atoms with van der Waals surface area (Å²) in [6.07, 6.45) is 0. The minimum atomic E-state index is -1.08. The average molecular weight is 343 g/mol. The molecule has 2 rings (SSSR count). The highest BCUT2D eigenvalue weighted by molar-refractivity contribution is 9.10. The fraction of sp³-hybridized carbons (Fsp3) is 0. The molecule has 0 aliphatic carbocycles. The number of hydrogen-bond donors (Lipinski definition) is 1. The number of ether oxygens (including phenoxy) is 1. The zero-order valence-electron chi connectivity index (χ0n) is 9.75. The number of anilines is 1. The maximum Gasteiger partial charge on any atom is 0.198 e. The van der Waals surface area contributed by atoms with Gasteiger partial charge in [-0.1, -0.05) is 0 Å². The fourth-order valence-electron chi connectivity index (χ4n) is 1.46. The lowest BCUT2D eigenvalue weighted by Gasteiger charge is -2.11. The highest BCUT2D eigenvalue weighted by Gasteiger charge is 2.16. The smallest absolute Gasteiger partial charge is 0.198 e. The van der Waals surface area contributed by atoms with Crippen LogP contribution in [0.3, 0.4) is 0 Å². The highest BCUT2D eigenvalue weighted by atomic mass is 79.9. The van der Waals surface area contributed by atoms with Crippen molar-refractivity contribution in [3.63, 3.8) is 0 Å². The first-order valence-electron chi connectivity index (χ1n) is 5.24. The number of nitrogens with zero attached hydrogens (tertiary/aromatic N) is 1. The number of halogens is 4. The Hall–Kier alpha value is -2.20. The molecular weight excluding hydrogens is 337 g/mol. The molecule has 0 fully saturated rings. The van der Waals surface area contributed by atoms with Crippen molar-refractivity contribution in [3.05, 3.63) is 51.8 Å². The van der Waals surface area contributed by atoms with E-state index in [1.54, 1.807) is 6.07 Å². The Balaban J connectivity index is 2.46. The van der Waals surface area contributed by atoms with Crippen LogP contribution < -0.4 is 10.5 Å². The topological polar surface area (TPSA) is 59.0 Å². The van der Waals surface area contributed by atoms with Gasteiger partial charge >= 0.3 is 0 Å². The number of hydrogen-bond acceptors (Lipinski definition) is 3. The van der Waals surface area contributed by atoms with Crippen LogP contribution in [0.1, 0.15) is 5.56 Å². The second-order valence-corrected chi connectivity index (χ2v) is 4.64. The SMILES string of the molecule is N#Cc1cc(F)c(Oc2cc(F)c(Br)cc2N)c(F)c1. The molecule has 0 unspecified atom stereocenters. The second kappa shape index (κ2) is 5.43. The standard InChI is InChI=1S/C13H6BrF3N2O/c14-7-3-11(19)12(4-8(7)15)20-13-9(16)1-6(5-18)2-10(13)17/h1-4H,19H2. The van der Waals surface area contributed by atoms with Crippen LogP contribution in [-0.4, -0.2) is 0 Å². The summed E-state index contributed by atoms with van der Waals surface area (Å²) >= 11 is 2.92. The highest BCUT2D eigenvalue weighted by Crippen LogP contribution is 2.34. The van der Waals surface area contributed by atoms with E-state index in [4.69, 9.17) is 15.7 Å². The Morgan fingerprint density at radius 1 is 1.05 bits per heavy atom. The van der Waals surface area contributed by atoms with Crippen molar-refractivity contribution >= 4 is 21.6 Å². The zero-order chi connectivity index (χ0) is 14.9. The second-order valence-electron chi connectivity index (χ2n) is 3.79. The van der Waals surface area contributed by atoms with E-state index in [9.17, 15) is 13.2 Å². The van der Waals surface area contributed by atoms with Crippen molar-refractivity contribution in [1.29, 1.82) is 5.26 Å². The van der Waals surface area contributed by atoms with Gasteiger partial charge in [0.1, 0.15) is 5.82 Å². The lowest BCUT2D eigenvalue weighted by molar-refractivity contribution is 0.406. The van der Waals surface area contributed by atoms with Crippen molar-refractivity contribution in [2.45, 2.75) is 0 Å². The molecule has 0 aliphatic rings. The molecule has 0 radical (unpaired) electrons. The van der Waals surface area contributed by atoms with Gasteiger partial charge in [-0.25, -0.2) is 13.2 Å². The molecule has 0 saturated heterocycles. The summed E-state index contributed by atoms with van der Waals surface area (Å²) in [6, 6.07) is 5.33. The van der Waals surface area contributed by atoms with Crippen LogP contribution in [0.15, 0.2) is 28.7 Å². The molecular formula is C13H6BrF3N2O. The van der Waals surface area contributed by atoms with Crippen LogP contribution in [0.4, 0.5) is 18.9 Å². The summed E-state index contributed by atoms with van der Waals surface area (Å²) in [6.45, 7) is 0. The summed E-state index contributed by atoms with van der Waals surface area (Å²) in [5.41, 5.74) is 5.38. The quantitative estimate of drug-likeness (QED) is 0.835. The lowest BCUT2D eigenvalue weighted by Crippen LogP contribution is -1.98. The molecule has 0 atom stereocenters. The predicted octanol–water partition coefficient (Wildman–Crippen LogP) is 4.11. The van der Waals surface area contributed by atoms with Crippen molar-refractivity contribution in [2.24, 2.45) is 0 Å². The molecule has 0 aromatic heterocycles. The third kappa shape index (κ3) is 2.70. The average Bonchev–Trinajstić information content (AvgIpc) is 2.39. The van der Waals surface area contributed by atoms with E-state index in [1.165, 1.54) is 6.07 Å². The van der Waals surface area contributed by atoms with Crippen LogP contribution in [0, 0.1) is 28.8 Å². The van der Waals surface area contributed by atoms with Crippen molar-refractivity contribution in [2.75, 3.05) is 5.73 Å². The molecule has 2 aromatic carbocycles. The van der Waals surface area contributed by atoms with E-state index >= 15 is 0 Å². The summed E-state index contributed by atoms with van der Waals surface area (Å²) in [4.78, 5) is 0. The first-order valence-corrected chi connectivity index (χ1v) is 6.03. The summed E-state index contributed by atoms with van der Waals surface area (Å²) in [5, 5.41) is 8.58. The molecule has 0 aliphatic heterocycles. The van der Waals surface area contributed by atoms with E-state index in [-0.39, 0.29) is 21.5 Å². The van der Waals surface area contributed by atoms with Gasteiger partial charge in [0, 0.05) is 6.07 Å². The number of rotatable bonds is 2. The molecule has 0 saturated carbocycles. The normalized spacial score (nSPS) is 10.2. The van der Waals surface area contributed by atoms with Gasteiger partial charge < -0.3 is 10.5 Å². The zero-order valence-corrected chi connectivity index (χ0v) is 11.3. The number of nitrogen functional groups attached to an aromatic ring is 1. The van der Waals surface area contributed by atoms with Crippen LogP contribution in [0.5, 0.6) is 11.5 Å². The van der Waals surface area contributed by atoms with Crippen LogP contribution >= 0.6 is 15.9 Å². The molecule has 2 aromatic rings. The maximum absolute atomic E-state index is 13.6. The van der Waals surface area contributed by atoms with E-state index < -0.39 is 23.2 Å². The minimum absolute atomic E-state index is 0.00133. The summed E-state index contributed by atoms with van der Waals surface area (Å²) in [5.74, 6) is -3.83. The van der Waals surface area contributed by atoms with E-state index in [0.29, 0.717) is 0 Å². The predicted molar refractivity (Wildman–Crippen MR) is 69.7 cm³/mol. The first kappa shape index (κ1) is 14.2. The van der Waals surface area contributed by atoms with Crippen LogP contribution in [-0.2, 0) is 0 Å². The largest absolute Gasteiger partial charge is 0.449 e. The van der Waals surface area contributed by atoms with Gasteiger partial charge in [-0.05, 0) is 34.1 Å². The van der Waals surface area contributed by atoms with Crippen molar-refractivity contribution in [3.8, 4) is 17.6 Å². The van der Waals surface area contributed by atoms with Crippen LogP contribution in [0.25, 0.3) is 0 Å². The molecule has 0 bridgehead atoms. The van der Waals surface area contributed by atoms with Crippen molar-refractivity contribution in [1.82, 2.24) is 0 Å². The van der Waals surface area contributed by atoms with Gasteiger partial charge in [0.25, 0.3) is 0 Å². The number of nitrogens with two attached hydrogens (primary N) is 1. The molecule has 0 spiro atoms. The van der Waals surface area contributed by atoms with Gasteiger partial charge in [-0.15, -0.1) is 0 Å².